The normalized spacial score (nSPS) is 11.4. The van der Waals surface area contributed by atoms with E-state index in [2.05, 4.69) is 26.0 Å². The number of azo groups is 1. The summed E-state index contributed by atoms with van der Waals surface area (Å²) in [5.41, 5.74) is 1.02. The smallest absolute Gasteiger partial charge is 0.748 e. The third kappa shape index (κ3) is 13.0. The average Bonchev–Trinajstić information content (AvgIpc) is 3.39. The Hall–Kier alpha value is -2.92. The first-order valence-electron chi connectivity index (χ1n) is 16.0. The van der Waals surface area contributed by atoms with Gasteiger partial charge in [0.15, 0.2) is 5.82 Å². The Balaban J connectivity index is 0.00000541. The first-order valence-corrected chi connectivity index (χ1v) is 19.7. The number of halogens is 2. The van der Waals surface area contributed by atoms with Crippen LogP contribution in [0.25, 0.3) is 5.69 Å². The summed E-state index contributed by atoms with van der Waals surface area (Å²) in [5.74, 6) is -2.69. The number of aromatic nitrogens is 2. The van der Waals surface area contributed by atoms with Gasteiger partial charge in [-0.3, -0.25) is 9.59 Å². The second kappa shape index (κ2) is 21.2. The number of anilines is 3. The van der Waals surface area contributed by atoms with E-state index in [1.807, 2.05) is 6.92 Å². The summed E-state index contributed by atoms with van der Waals surface area (Å²) in [7, 11) is -9.22. The first-order chi connectivity index (χ1) is 25.3. The maximum atomic E-state index is 13.2. The van der Waals surface area contributed by atoms with Crippen LogP contribution in [0.15, 0.2) is 69.7 Å². The molecule has 1 heterocycles. The van der Waals surface area contributed by atoms with Crippen molar-refractivity contribution in [2.24, 2.45) is 10.2 Å². The number of hydrogen-bond donors (Lipinski definition) is 2. The molecule has 0 bridgehead atoms. The molecule has 3 aromatic carbocycles. The molecule has 0 saturated heterocycles. The fraction of sp³-hybridized carbons (Fsp3) is 0.273. The zero-order valence-corrected chi connectivity index (χ0v) is 38.3. The molecule has 0 aliphatic heterocycles. The van der Waals surface area contributed by atoms with Crippen LogP contribution in [0.1, 0.15) is 53.6 Å². The minimum absolute atomic E-state index is 0. The molecule has 0 atom stereocenters. The molecule has 0 saturated carbocycles. The average molecular weight is 869 g/mol. The van der Waals surface area contributed by atoms with Gasteiger partial charge in [-0.15, -0.1) is 10.2 Å². The van der Waals surface area contributed by atoms with Gasteiger partial charge in [0.1, 0.15) is 27.1 Å². The molecule has 0 spiro atoms. The summed E-state index contributed by atoms with van der Waals surface area (Å²) >= 11 is 13.3. The number of benzene rings is 3. The van der Waals surface area contributed by atoms with E-state index in [9.17, 15) is 40.3 Å². The number of esters is 1. The summed E-state index contributed by atoms with van der Waals surface area (Å²) in [6, 6.07) is 11.9. The molecule has 0 radical (unpaired) electrons. The van der Waals surface area contributed by atoms with Crippen LogP contribution in [-0.4, -0.2) is 79.0 Å². The van der Waals surface area contributed by atoms with E-state index in [0.29, 0.717) is 12.2 Å². The van der Waals surface area contributed by atoms with E-state index in [1.54, 1.807) is 24.0 Å². The summed E-state index contributed by atoms with van der Waals surface area (Å²) in [6.45, 7) is 6.94. The van der Waals surface area contributed by atoms with Crippen LogP contribution in [0, 0.1) is 6.92 Å². The molecule has 56 heavy (non-hydrogen) atoms. The van der Waals surface area contributed by atoms with Crippen molar-refractivity contribution in [3.8, 4) is 5.69 Å². The number of rotatable bonds is 15. The molecular formula is C33H33Cl2N7Na2O10S2. The van der Waals surface area contributed by atoms with Gasteiger partial charge < -0.3 is 29.4 Å². The Morgan fingerprint density at radius 1 is 0.946 bits per heavy atom. The summed E-state index contributed by atoms with van der Waals surface area (Å²) in [6.07, 6.45) is 0.0812. The van der Waals surface area contributed by atoms with E-state index in [4.69, 9.17) is 27.9 Å². The van der Waals surface area contributed by atoms with Gasteiger partial charge in [0, 0.05) is 42.7 Å². The molecule has 0 fully saturated rings. The van der Waals surface area contributed by atoms with Crippen molar-refractivity contribution in [1.82, 2.24) is 9.78 Å². The van der Waals surface area contributed by atoms with Crippen molar-refractivity contribution in [2.45, 2.75) is 39.0 Å². The fourth-order valence-electron chi connectivity index (χ4n) is 5.14. The van der Waals surface area contributed by atoms with Gasteiger partial charge in [0.05, 0.1) is 43.0 Å². The van der Waals surface area contributed by atoms with Gasteiger partial charge >= 0.3 is 65.1 Å². The first kappa shape index (κ1) is 49.2. The maximum Gasteiger partial charge on any atom is 1.00 e. The second-order valence-corrected chi connectivity index (χ2v) is 15.1. The molecule has 288 valence electrons. The molecule has 2 amide bonds. The Kier molecular flexibility index (Phi) is 18.6. The van der Waals surface area contributed by atoms with Gasteiger partial charge in [-0.1, -0.05) is 29.3 Å². The van der Waals surface area contributed by atoms with Gasteiger partial charge in [-0.25, -0.2) is 26.3 Å². The van der Waals surface area contributed by atoms with Gasteiger partial charge in [-0.2, -0.15) is 5.10 Å². The number of carbonyl (C=O) groups excluding carboxylic acids is 3. The predicted octanol–water partition coefficient (Wildman–Crippen LogP) is -0.0360. The van der Waals surface area contributed by atoms with Crippen LogP contribution < -0.4 is 74.6 Å². The zero-order valence-electron chi connectivity index (χ0n) is 31.1. The second-order valence-electron chi connectivity index (χ2n) is 11.4. The van der Waals surface area contributed by atoms with Crippen LogP contribution in [0.3, 0.4) is 0 Å². The Morgan fingerprint density at radius 3 is 2.18 bits per heavy atom. The number of nitrogens with zero attached hydrogens (tertiary/aromatic N) is 5. The van der Waals surface area contributed by atoms with Crippen molar-refractivity contribution >= 4 is 89.8 Å². The third-order valence-corrected chi connectivity index (χ3v) is 9.70. The third-order valence-electron chi connectivity index (χ3n) is 7.50. The maximum absolute atomic E-state index is 13.2. The molecule has 17 nitrogen and oxygen atoms in total. The SMILES string of the molecule is CCOC(=O)c1c(C)nn(-c2c(Cl)cc(NC(=O)c3cccc(S(=O)(=O)[O-])c3)cc2Cl)c1N=Nc1ccc(N(CC)CCCS(=O)(=O)[O-])cc1NC(C)=O.[Na+].[Na+]. The van der Waals surface area contributed by atoms with Crippen molar-refractivity contribution in [1.29, 1.82) is 0 Å². The van der Waals surface area contributed by atoms with Crippen molar-refractivity contribution in [3.05, 3.63) is 81.5 Å². The molecule has 1 aromatic heterocycles. The van der Waals surface area contributed by atoms with E-state index < -0.39 is 48.7 Å². The molecule has 2 N–H and O–H groups in total. The monoisotopic (exact) mass is 867 g/mol. The number of amides is 2. The number of carbonyl (C=O) groups is 3. The summed E-state index contributed by atoms with van der Waals surface area (Å²) in [4.78, 5) is 39.5. The van der Waals surface area contributed by atoms with Crippen LogP contribution >= 0.6 is 23.2 Å². The summed E-state index contributed by atoms with van der Waals surface area (Å²) in [5, 5.41) is 18.2. The molecule has 4 rings (SSSR count). The van der Waals surface area contributed by atoms with Crippen LogP contribution in [0.2, 0.25) is 10.0 Å². The molecular weight excluding hydrogens is 835 g/mol. The van der Waals surface area contributed by atoms with Crippen molar-refractivity contribution in [2.75, 3.05) is 41.0 Å². The fourth-order valence-corrected chi connectivity index (χ4v) is 6.79. The van der Waals surface area contributed by atoms with E-state index in [0.717, 1.165) is 16.8 Å². The van der Waals surface area contributed by atoms with Crippen molar-refractivity contribution < 1.29 is 104 Å². The van der Waals surface area contributed by atoms with Crippen LogP contribution in [0.5, 0.6) is 0 Å². The number of hydrogen-bond acceptors (Lipinski definition) is 14. The van der Waals surface area contributed by atoms with E-state index in [1.165, 1.54) is 44.2 Å². The standard InChI is InChI=1S/C33H35Cl2N7O10S2.2Na/c1-5-41(13-8-14-53(46,47)48)23-11-12-27(28(18-23)36-20(4)43)38-39-31-29(33(45)52-6-2)19(3)40-42(31)30-25(34)16-22(17-26(30)35)37-32(44)21-9-7-10-24(15-21)54(49,50)51;;/h7,9-12,15-18H,5-6,8,13-14H2,1-4H3,(H,36,43)(H,37,44)(H,46,47,48)(H,49,50,51);;/q;2*+1/p-2. The van der Waals surface area contributed by atoms with Gasteiger partial charge in [-0.05, 0) is 75.7 Å². The Bertz CT molecular complexity index is 2340. The Labute approximate surface area is 377 Å². The number of ether oxygens (including phenoxy) is 1. The van der Waals surface area contributed by atoms with Crippen LogP contribution in [-0.2, 0) is 29.8 Å². The largest absolute Gasteiger partial charge is 1.00 e. The van der Waals surface area contributed by atoms with E-state index >= 15 is 0 Å². The van der Waals surface area contributed by atoms with Crippen molar-refractivity contribution in [3.63, 3.8) is 0 Å². The van der Waals surface area contributed by atoms with Gasteiger partial charge in [0.25, 0.3) is 5.91 Å². The number of nitrogens with one attached hydrogen (secondary N) is 2. The van der Waals surface area contributed by atoms with Crippen LogP contribution in [0.4, 0.5) is 28.6 Å². The molecule has 0 aliphatic carbocycles. The molecule has 4 aromatic rings. The molecule has 23 heteroatoms. The van der Waals surface area contributed by atoms with E-state index in [-0.39, 0.29) is 134 Å². The number of aryl methyl sites for hydroxylation is 1. The predicted molar refractivity (Wildman–Crippen MR) is 199 cm³/mol. The summed E-state index contributed by atoms with van der Waals surface area (Å²) < 4.78 is 74.0. The minimum Gasteiger partial charge on any atom is -0.748 e. The topological polar surface area (TPSA) is 245 Å². The minimum atomic E-state index is -4.82. The van der Waals surface area contributed by atoms with Gasteiger partial charge in [0.2, 0.25) is 5.91 Å². The molecule has 0 aliphatic rings. The Morgan fingerprint density at radius 2 is 1.61 bits per heavy atom. The quantitative estimate of drug-likeness (QED) is 0.0693. The zero-order chi connectivity index (χ0) is 40.0. The molecule has 0 unspecified atom stereocenters.